The average molecular weight is 528 g/mol. The van der Waals surface area contributed by atoms with Gasteiger partial charge < -0.3 is 5.32 Å². The minimum atomic E-state index is -2.26. The fourth-order valence-electron chi connectivity index (χ4n) is 7.41. The Balaban J connectivity index is 1.31. The lowest BCUT2D eigenvalue weighted by Crippen LogP contribution is -2.47. The number of amides is 1. The highest BCUT2D eigenvalue weighted by Crippen LogP contribution is 2.61. The van der Waals surface area contributed by atoms with E-state index < -0.39 is 47.0 Å². The number of hydrogen-bond acceptors (Lipinski definition) is 3. The molecule has 0 saturated heterocycles. The maximum Gasteiger partial charge on any atom is 0.230 e. The van der Waals surface area contributed by atoms with Crippen molar-refractivity contribution in [2.45, 2.75) is 51.4 Å². The average Bonchev–Trinajstić information content (AvgIpc) is 2.89. The van der Waals surface area contributed by atoms with E-state index in [0.717, 1.165) is 24.8 Å². The van der Waals surface area contributed by atoms with Crippen molar-refractivity contribution < 1.29 is 26.7 Å². The minimum Gasteiger partial charge on any atom is -0.309 e. The summed E-state index contributed by atoms with van der Waals surface area (Å²) in [6, 6.07) is 9.46. The smallest absolute Gasteiger partial charge is 0.230 e. The van der Waals surface area contributed by atoms with Gasteiger partial charge in [-0.15, -0.1) is 0 Å². The van der Waals surface area contributed by atoms with Crippen LogP contribution in [0.15, 0.2) is 36.5 Å². The molecule has 4 aliphatic rings. The van der Waals surface area contributed by atoms with Crippen LogP contribution in [0.3, 0.4) is 0 Å². The maximum atomic E-state index is 14.2. The van der Waals surface area contributed by atoms with E-state index >= 15 is 0 Å². The van der Waals surface area contributed by atoms with E-state index in [1.54, 1.807) is 0 Å². The summed E-state index contributed by atoms with van der Waals surface area (Å²) in [5.41, 5.74) is 0.920. The third-order valence-corrected chi connectivity index (χ3v) is 8.52. The molecule has 9 heteroatoms. The molecule has 0 spiro atoms. The monoisotopic (exact) mass is 527 g/mol. The molecule has 1 aromatic heterocycles. The Bertz CT molecular complexity index is 1350. The molecule has 7 rings (SSSR count). The molecule has 1 heterocycles. The number of nitrogens with zero attached hydrogens (tertiary/aromatic N) is 2. The second-order valence-electron chi connectivity index (χ2n) is 11.3. The predicted octanol–water partition coefficient (Wildman–Crippen LogP) is 6.78. The lowest BCUT2D eigenvalue weighted by Gasteiger charge is -2.57. The van der Waals surface area contributed by atoms with Crippen molar-refractivity contribution in [2.75, 3.05) is 5.32 Å². The summed E-state index contributed by atoms with van der Waals surface area (Å²) in [4.78, 5) is 22.1. The summed E-state index contributed by atoms with van der Waals surface area (Å²) in [5, 5.41) is 2.54. The van der Waals surface area contributed by atoms with Crippen LogP contribution in [0, 0.1) is 52.3 Å². The zero-order valence-electron chi connectivity index (χ0n) is 20.5. The van der Waals surface area contributed by atoms with Crippen LogP contribution >= 0.6 is 0 Å². The van der Waals surface area contributed by atoms with Gasteiger partial charge in [-0.1, -0.05) is 30.3 Å². The molecule has 4 nitrogen and oxygen atoms in total. The van der Waals surface area contributed by atoms with E-state index in [4.69, 9.17) is 4.98 Å². The van der Waals surface area contributed by atoms with Crippen LogP contribution < -0.4 is 5.32 Å². The molecular weight excluding hydrogens is 501 g/mol. The Labute approximate surface area is 216 Å². The van der Waals surface area contributed by atoms with Crippen molar-refractivity contribution in [3.63, 3.8) is 0 Å². The lowest BCUT2D eigenvalue weighted by atomic mass is 9.48. The first-order chi connectivity index (χ1) is 18.2. The molecule has 198 valence electrons. The van der Waals surface area contributed by atoms with E-state index in [0.29, 0.717) is 35.6 Å². The summed E-state index contributed by atoms with van der Waals surface area (Å²) in [5.74, 6) is -9.18. The van der Waals surface area contributed by atoms with Gasteiger partial charge in [-0.05, 0) is 68.1 Å². The highest BCUT2D eigenvalue weighted by atomic mass is 19.2. The first-order valence-electron chi connectivity index (χ1n) is 12.9. The Morgan fingerprint density at radius 3 is 1.97 bits per heavy atom. The van der Waals surface area contributed by atoms with Crippen molar-refractivity contribution in [3.05, 3.63) is 76.9 Å². The van der Waals surface area contributed by atoms with Gasteiger partial charge in [0.15, 0.2) is 29.1 Å². The third-order valence-electron chi connectivity index (χ3n) is 8.52. The fraction of sp³-hybridized carbons (Fsp3) is 0.414. The Morgan fingerprint density at radius 1 is 0.842 bits per heavy atom. The Morgan fingerprint density at radius 2 is 1.39 bits per heavy atom. The summed E-state index contributed by atoms with van der Waals surface area (Å²) < 4.78 is 69.1. The molecule has 38 heavy (non-hydrogen) atoms. The number of anilines is 1. The van der Waals surface area contributed by atoms with E-state index in [-0.39, 0.29) is 11.2 Å². The zero-order chi connectivity index (χ0) is 26.6. The standard InChI is InChI=1S/C29H26F5N3O/c30-23-19(24(31)26(33)27(34)25(23)32)9-22(38)37-28-20(36-21(14-35-28)18-4-2-1-3-5-18)13-29-10-15-6-16(11-29)8-17(7-15)12-29/h1-5,14-17H,6-13H2,(H,35,37,38). The van der Waals surface area contributed by atoms with Crippen LogP contribution in [0.5, 0.6) is 0 Å². The summed E-state index contributed by atoms with van der Waals surface area (Å²) in [6.45, 7) is 0. The van der Waals surface area contributed by atoms with Crippen molar-refractivity contribution in [2.24, 2.45) is 23.2 Å². The number of carbonyl (C=O) groups excluding carboxylic acids is 1. The van der Waals surface area contributed by atoms with Gasteiger partial charge in [0.2, 0.25) is 11.7 Å². The maximum absolute atomic E-state index is 14.2. The molecule has 4 bridgehead atoms. The van der Waals surface area contributed by atoms with Crippen LogP contribution in [0.1, 0.15) is 49.8 Å². The van der Waals surface area contributed by atoms with Crippen molar-refractivity contribution in [1.29, 1.82) is 0 Å². The summed E-state index contributed by atoms with van der Waals surface area (Å²) in [6.07, 6.45) is 8.14. The van der Waals surface area contributed by atoms with Gasteiger partial charge in [0.1, 0.15) is 0 Å². The van der Waals surface area contributed by atoms with Gasteiger partial charge in [0, 0.05) is 11.1 Å². The molecule has 1 amide bonds. The van der Waals surface area contributed by atoms with Gasteiger partial charge in [-0.2, -0.15) is 0 Å². The second-order valence-corrected chi connectivity index (χ2v) is 11.3. The highest BCUT2D eigenvalue weighted by molar-refractivity contribution is 5.92. The highest BCUT2D eigenvalue weighted by Gasteiger charge is 2.51. The first-order valence-corrected chi connectivity index (χ1v) is 12.9. The summed E-state index contributed by atoms with van der Waals surface area (Å²) >= 11 is 0. The molecular formula is C29H26F5N3O. The van der Waals surface area contributed by atoms with Gasteiger partial charge >= 0.3 is 0 Å². The molecule has 1 N–H and O–H groups in total. The molecule has 4 saturated carbocycles. The minimum absolute atomic E-state index is 0.0552. The molecule has 2 aromatic carbocycles. The topological polar surface area (TPSA) is 54.9 Å². The van der Waals surface area contributed by atoms with Gasteiger partial charge in [-0.25, -0.2) is 31.9 Å². The second kappa shape index (κ2) is 9.43. The van der Waals surface area contributed by atoms with Crippen LogP contribution in [0.25, 0.3) is 11.3 Å². The fourth-order valence-corrected chi connectivity index (χ4v) is 7.41. The molecule has 4 aliphatic carbocycles. The van der Waals surface area contributed by atoms with Crippen molar-refractivity contribution >= 4 is 11.7 Å². The van der Waals surface area contributed by atoms with E-state index in [1.807, 2.05) is 30.3 Å². The Kier molecular flexibility index (Phi) is 6.19. The molecule has 0 atom stereocenters. The van der Waals surface area contributed by atoms with Gasteiger partial charge in [0.05, 0.1) is 24.0 Å². The normalized spacial score (nSPS) is 25.6. The number of rotatable bonds is 6. The number of hydrogen-bond donors (Lipinski definition) is 1. The zero-order valence-corrected chi connectivity index (χ0v) is 20.5. The van der Waals surface area contributed by atoms with Crippen molar-refractivity contribution in [3.8, 4) is 11.3 Å². The van der Waals surface area contributed by atoms with Gasteiger partial charge in [-0.3, -0.25) is 4.79 Å². The van der Waals surface area contributed by atoms with Crippen LogP contribution in [0.4, 0.5) is 27.8 Å². The molecule has 3 aromatic rings. The van der Waals surface area contributed by atoms with Crippen LogP contribution in [0.2, 0.25) is 0 Å². The molecule has 4 fully saturated rings. The number of benzene rings is 2. The predicted molar refractivity (Wildman–Crippen MR) is 130 cm³/mol. The number of halogens is 5. The van der Waals surface area contributed by atoms with Crippen LogP contribution in [-0.2, 0) is 17.6 Å². The van der Waals surface area contributed by atoms with E-state index in [9.17, 15) is 26.7 Å². The molecule has 0 radical (unpaired) electrons. The van der Waals surface area contributed by atoms with Crippen LogP contribution in [-0.4, -0.2) is 15.9 Å². The molecule has 0 unspecified atom stereocenters. The van der Waals surface area contributed by atoms with Crippen molar-refractivity contribution in [1.82, 2.24) is 9.97 Å². The van der Waals surface area contributed by atoms with Gasteiger partial charge in [0.25, 0.3) is 0 Å². The first kappa shape index (κ1) is 24.9. The number of aromatic nitrogens is 2. The Hall–Kier alpha value is -3.36. The SMILES string of the molecule is O=C(Cc1c(F)c(F)c(F)c(F)c1F)Nc1ncc(-c2ccccc2)nc1CC12CC3CC(CC(C3)C1)C2. The number of nitrogens with one attached hydrogen (secondary N) is 1. The third kappa shape index (κ3) is 4.46. The number of carbonyl (C=O) groups is 1. The largest absolute Gasteiger partial charge is 0.309 e. The van der Waals surface area contributed by atoms with E-state index in [1.165, 1.54) is 25.5 Å². The summed E-state index contributed by atoms with van der Waals surface area (Å²) in [7, 11) is 0. The quantitative estimate of drug-likeness (QED) is 0.219. The molecule has 0 aliphatic heterocycles. The lowest BCUT2D eigenvalue weighted by molar-refractivity contribution is -0.115. The van der Waals surface area contributed by atoms with E-state index in [2.05, 4.69) is 10.3 Å².